The molecule has 0 saturated heterocycles. The predicted molar refractivity (Wildman–Crippen MR) is 302 cm³/mol. The van der Waals surface area contributed by atoms with Crippen LogP contribution < -0.4 is 0 Å². The summed E-state index contributed by atoms with van der Waals surface area (Å²) in [5, 5.41) is 0. The maximum absolute atomic E-state index is 12.8. The molecule has 0 fully saturated rings. The zero-order valence-electron chi connectivity index (χ0n) is 45.5. The number of hydrogen-bond donors (Lipinski definition) is 0. The van der Waals surface area contributed by atoms with Crippen molar-refractivity contribution in [2.75, 3.05) is 13.2 Å². The molecule has 0 aromatic carbocycles. The van der Waals surface area contributed by atoms with E-state index < -0.39 is 6.10 Å². The minimum atomic E-state index is -0.784. The Morgan fingerprint density at radius 3 is 0.871 bits per heavy atom. The highest BCUT2D eigenvalue weighted by molar-refractivity contribution is 5.71. The SMILES string of the molecule is CC/C=C\C/C=C\C/C=C\C/C=C\C/C=C\CCCCCCCCCCCC(=O)OCC(COC(=O)CCCCCCCC)OC(=O)CCCCCCCCCC/C=C\C/C=C\C/C=C\C/C=C\CC. The van der Waals surface area contributed by atoms with E-state index in [4.69, 9.17) is 14.2 Å². The number of hydrogen-bond acceptors (Lipinski definition) is 6. The molecule has 0 bridgehead atoms. The molecule has 0 radical (unpaired) electrons. The number of carbonyl (C=O) groups is 3. The summed E-state index contributed by atoms with van der Waals surface area (Å²) in [4.78, 5) is 37.9. The average molecular weight is 972 g/mol. The van der Waals surface area contributed by atoms with E-state index in [9.17, 15) is 14.4 Å². The van der Waals surface area contributed by atoms with Gasteiger partial charge < -0.3 is 14.2 Å². The van der Waals surface area contributed by atoms with Gasteiger partial charge in [-0.15, -0.1) is 0 Å². The zero-order valence-corrected chi connectivity index (χ0v) is 45.5. The largest absolute Gasteiger partial charge is 0.462 e. The maximum atomic E-state index is 12.8. The van der Waals surface area contributed by atoms with E-state index in [-0.39, 0.29) is 31.1 Å². The van der Waals surface area contributed by atoms with Crippen LogP contribution in [-0.4, -0.2) is 37.2 Å². The van der Waals surface area contributed by atoms with Crippen molar-refractivity contribution in [1.29, 1.82) is 0 Å². The standard InChI is InChI=1S/C64H106O6/c1-4-7-10-13-16-18-20-22-24-26-28-30-31-32-33-35-36-38-40-42-44-46-48-51-54-57-63(66)69-60-61(59-68-62(65)56-53-50-15-12-9-6-3)70-64(67)58-55-52-49-47-45-43-41-39-37-34-29-27-25-23-21-19-17-14-11-8-5-2/h7-8,10-11,16-19,22-25,28-30,32-34,61H,4-6,9,12-15,20-21,26-27,31,35-60H2,1-3H3/b10-7-,11-8-,18-16-,19-17-,24-22-,25-23-,30-28-,33-32-,34-29-. The summed E-state index contributed by atoms with van der Waals surface area (Å²) >= 11 is 0. The lowest BCUT2D eigenvalue weighted by Crippen LogP contribution is -2.30. The molecule has 0 aliphatic carbocycles. The van der Waals surface area contributed by atoms with Crippen molar-refractivity contribution in [1.82, 2.24) is 0 Å². The monoisotopic (exact) mass is 971 g/mol. The van der Waals surface area contributed by atoms with Crippen LogP contribution in [0.3, 0.4) is 0 Å². The van der Waals surface area contributed by atoms with Crippen LogP contribution in [0.2, 0.25) is 0 Å². The highest BCUT2D eigenvalue weighted by Gasteiger charge is 2.19. The van der Waals surface area contributed by atoms with Crippen LogP contribution in [0.1, 0.15) is 258 Å². The fraction of sp³-hybridized carbons (Fsp3) is 0.672. The van der Waals surface area contributed by atoms with E-state index in [0.29, 0.717) is 19.3 Å². The van der Waals surface area contributed by atoms with Crippen LogP contribution in [0.15, 0.2) is 109 Å². The predicted octanol–water partition coefficient (Wildman–Crippen LogP) is 19.5. The minimum Gasteiger partial charge on any atom is -0.462 e. The summed E-state index contributed by atoms with van der Waals surface area (Å²) in [5.41, 5.74) is 0. The molecule has 0 amide bonds. The summed E-state index contributed by atoms with van der Waals surface area (Å²) in [5.74, 6) is -0.908. The molecule has 0 saturated carbocycles. The number of esters is 3. The summed E-state index contributed by atoms with van der Waals surface area (Å²) in [7, 11) is 0. The van der Waals surface area contributed by atoms with Gasteiger partial charge in [-0.3, -0.25) is 14.4 Å². The second-order valence-electron chi connectivity index (χ2n) is 18.8. The topological polar surface area (TPSA) is 78.9 Å². The summed E-state index contributed by atoms with van der Waals surface area (Å²) in [6.07, 6.45) is 78.2. The Bertz CT molecular complexity index is 1440. The third-order valence-electron chi connectivity index (χ3n) is 12.0. The van der Waals surface area contributed by atoms with E-state index >= 15 is 0 Å². The molecular formula is C64H106O6. The first-order valence-corrected chi connectivity index (χ1v) is 28.9. The minimum absolute atomic E-state index is 0.0840. The molecule has 0 spiro atoms. The molecule has 0 aromatic heterocycles. The highest BCUT2D eigenvalue weighted by Crippen LogP contribution is 2.15. The first-order chi connectivity index (χ1) is 34.5. The van der Waals surface area contributed by atoms with Crippen LogP contribution in [0.25, 0.3) is 0 Å². The lowest BCUT2D eigenvalue weighted by molar-refractivity contribution is -0.167. The molecule has 0 heterocycles. The molecule has 0 N–H and O–H groups in total. The molecule has 0 aliphatic heterocycles. The summed E-state index contributed by atoms with van der Waals surface area (Å²) < 4.78 is 16.8. The van der Waals surface area contributed by atoms with Gasteiger partial charge in [-0.2, -0.15) is 0 Å². The molecule has 398 valence electrons. The van der Waals surface area contributed by atoms with Crippen molar-refractivity contribution in [2.24, 2.45) is 0 Å². The Morgan fingerprint density at radius 1 is 0.300 bits per heavy atom. The molecule has 0 aromatic rings. The van der Waals surface area contributed by atoms with Crippen LogP contribution in [-0.2, 0) is 28.6 Å². The van der Waals surface area contributed by atoms with Crippen molar-refractivity contribution in [3.63, 3.8) is 0 Å². The van der Waals surface area contributed by atoms with E-state index in [2.05, 4.69) is 130 Å². The van der Waals surface area contributed by atoms with Gasteiger partial charge in [0, 0.05) is 19.3 Å². The van der Waals surface area contributed by atoms with Gasteiger partial charge in [0.2, 0.25) is 0 Å². The Morgan fingerprint density at radius 2 is 0.557 bits per heavy atom. The smallest absolute Gasteiger partial charge is 0.306 e. The van der Waals surface area contributed by atoms with Crippen LogP contribution in [0.5, 0.6) is 0 Å². The van der Waals surface area contributed by atoms with Gasteiger partial charge in [-0.25, -0.2) is 0 Å². The summed E-state index contributed by atoms with van der Waals surface area (Å²) in [6, 6.07) is 0. The Hall–Kier alpha value is -3.93. The molecule has 1 unspecified atom stereocenters. The zero-order chi connectivity index (χ0) is 50.7. The van der Waals surface area contributed by atoms with Crippen LogP contribution in [0, 0.1) is 0 Å². The molecular weight excluding hydrogens is 865 g/mol. The quantitative estimate of drug-likeness (QED) is 0.0262. The van der Waals surface area contributed by atoms with E-state index in [1.807, 2.05) is 0 Å². The number of unbranched alkanes of at least 4 members (excludes halogenated alkanes) is 22. The van der Waals surface area contributed by atoms with Crippen LogP contribution >= 0.6 is 0 Å². The normalized spacial score (nSPS) is 12.9. The molecule has 0 aliphatic rings. The van der Waals surface area contributed by atoms with Crippen molar-refractivity contribution in [2.45, 2.75) is 264 Å². The Kier molecular flexibility index (Phi) is 54.4. The van der Waals surface area contributed by atoms with E-state index in [0.717, 1.165) is 128 Å². The van der Waals surface area contributed by atoms with Crippen molar-refractivity contribution < 1.29 is 28.6 Å². The Balaban J connectivity index is 4.18. The fourth-order valence-electron chi connectivity index (χ4n) is 7.75. The molecule has 6 nitrogen and oxygen atoms in total. The molecule has 6 heteroatoms. The first kappa shape index (κ1) is 66.1. The van der Waals surface area contributed by atoms with Crippen molar-refractivity contribution in [3.8, 4) is 0 Å². The van der Waals surface area contributed by atoms with Gasteiger partial charge in [0.05, 0.1) is 0 Å². The molecule has 70 heavy (non-hydrogen) atoms. The third kappa shape index (κ3) is 55.0. The number of rotatable bonds is 51. The van der Waals surface area contributed by atoms with Gasteiger partial charge in [0.15, 0.2) is 6.10 Å². The van der Waals surface area contributed by atoms with Crippen LogP contribution in [0.4, 0.5) is 0 Å². The van der Waals surface area contributed by atoms with Gasteiger partial charge >= 0.3 is 17.9 Å². The van der Waals surface area contributed by atoms with E-state index in [1.54, 1.807) is 0 Å². The van der Waals surface area contributed by atoms with Crippen molar-refractivity contribution in [3.05, 3.63) is 109 Å². The van der Waals surface area contributed by atoms with Gasteiger partial charge in [0.1, 0.15) is 13.2 Å². The lowest BCUT2D eigenvalue weighted by Gasteiger charge is -2.18. The van der Waals surface area contributed by atoms with Crippen molar-refractivity contribution >= 4 is 17.9 Å². The maximum Gasteiger partial charge on any atom is 0.306 e. The third-order valence-corrected chi connectivity index (χ3v) is 12.0. The second kappa shape index (κ2) is 57.6. The first-order valence-electron chi connectivity index (χ1n) is 28.9. The van der Waals surface area contributed by atoms with Gasteiger partial charge in [-0.1, -0.05) is 246 Å². The summed E-state index contributed by atoms with van der Waals surface area (Å²) in [6.45, 7) is 6.34. The fourth-order valence-corrected chi connectivity index (χ4v) is 7.75. The number of ether oxygens (including phenoxy) is 3. The van der Waals surface area contributed by atoms with E-state index in [1.165, 1.54) is 89.9 Å². The highest BCUT2D eigenvalue weighted by atomic mass is 16.6. The molecule has 0 rings (SSSR count). The Labute approximate surface area is 431 Å². The molecule has 1 atom stereocenters. The lowest BCUT2D eigenvalue weighted by atomic mass is 10.1. The van der Waals surface area contributed by atoms with Gasteiger partial charge in [0.25, 0.3) is 0 Å². The number of carbonyl (C=O) groups excluding carboxylic acids is 3. The van der Waals surface area contributed by atoms with Gasteiger partial charge in [-0.05, 0) is 103 Å². The number of allylic oxidation sites excluding steroid dienone is 18. The second-order valence-corrected chi connectivity index (χ2v) is 18.8. The average Bonchev–Trinajstić information content (AvgIpc) is 3.36.